The van der Waals surface area contributed by atoms with E-state index in [1.807, 2.05) is 18.2 Å². The van der Waals surface area contributed by atoms with Gasteiger partial charge in [-0.15, -0.1) is 0 Å². The molecular weight excluding hydrogens is 308 g/mol. The zero-order valence-corrected chi connectivity index (χ0v) is 14.2. The maximum atomic E-state index is 12.3. The molecule has 3 nitrogen and oxygen atoms in total. The molecule has 23 heavy (non-hydrogen) atoms. The number of halogens is 1. The Balaban J connectivity index is 1.87. The van der Waals surface area contributed by atoms with E-state index in [0.717, 1.165) is 16.6 Å². The van der Waals surface area contributed by atoms with Crippen molar-refractivity contribution in [2.45, 2.75) is 26.2 Å². The van der Waals surface area contributed by atoms with Gasteiger partial charge in [-0.25, -0.2) is 0 Å². The normalized spacial score (nSPS) is 11.7. The number of rotatable bonds is 2. The third-order valence-electron chi connectivity index (χ3n) is 3.77. The lowest BCUT2D eigenvalue weighted by molar-refractivity contribution is 0.102. The molecule has 0 fully saturated rings. The third-order valence-corrected chi connectivity index (χ3v) is 4.01. The summed E-state index contributed by atoms with van der Waals surface area (Å²) in [6.07, 6.45) is 0. The molecule has 3 aromatic rings. The number of hydrogen-bond acceptors (Lipinski definition) is 1. The van der Waals surface area contributed by atoms with E-state index < -0.39 is 0 Å². The summed E-state index contributed by atoms with van der Waals surface area (Å²) in [5, 5.41) is 4.55. The van der Waals surface area contributed by atoms with Crippen LogP contribution in [0.5, 0.6) is 0 Å². The van der Waals surface area contributed by atoms with Gasteiger partial charge in [0.15, 0.2) is 0 Å². The summed E-state index contributed by atoms with van der Waals surface area (Å²) in [4.78, 5) is 15.7. The van der Waals surface area contributed by atoms with Gasteiger partial charge in [-0.3, -0.25) is 4.79 Å². The predicted octanol–water partition coefficient (Wildman–Crippen LogP) is 5.37. The van der Waals surface area contributed by atoms with Crippen LogP contribution < -0.4 is 5.32 Å². The van der Waals surface area contributed by atoms with E-state index >= 15 is 0 Å². The summed E-state index contributed by atoms with van der Waals surface area (Å²) in [6.45, 7) is 6.50. The lowest BCUT2D eigenvalue weighted by atomic mass is 9.92. The lowest BCUT2D eigenvalue weighted by Gasteiger charge is -2.15. The smallest absolute Gasteiger partial charge is 0.255 e. The third kappa shape index (κ3) is 3.40. The molecule has 1 heterocycles. The minimum Gasteiger partial charge on any atom is -0.358 e. The Morgan fingerprint density at radius 1 is 1.09 bits per heavy atom. The first-order valence-electron chi connectivity index (χ1n) is 7.53. The minimum absolute atomic E-state index is 0.0587. The molecule has 0 aliphatic heterocycles. The van der Waals surface area contributed by atoms with Gasteiger partial charge in [-0.05, 0) is 42.5 Å². The molecule has 0 bridgehead atoms. The Hall–Kier alpha value is -2.26. The van der Waals surface area contributed by atoms with Gasteiger partial charge in [0.25, 0.3) is 5.91 Å². The molecule has 1 amide bonds. The fourth-order valence-electron chi connectivity index (χ4n) is 2.45. The molecule has 2 N–H and O–H groups in total. The number of aromatic amines is 1. The Morgan fingerprint density at radius 2 is 1.87 bits per heavy atom. The molecule has 0 aliphatic rings. The SMILES string of the molecule is CC(C)(C)c1cc2cc(NC(=O)c3cccc(Cl)c3)ccc2[nH]1. The summed E-state index contributed by atoms with van der Waals surface area (Å²) in [7, 11) is 0. The number of carbonyl (C=O) groups excluding carboxylic acids is 1. The maximum Gasteiger partial charge on any atom is 0.255 e. The largest absolute Gasteiger partial charge is 0.358 e. The highest BCUT2D eigenvalue weighted by Gasteiger charge is 2.16. The Labute approximate surface area is 140 Å². The van der Waals surface area contributed by atoms with Gasteiger partial charge in [0, 0.05) is 38.3 Å². The molecule has 0 spiro atoms. The standard InChI is InChI=1S/C19H19ClN2O/c1-19(2,3)17-11-13-10-15(7-8-16(13)22-17)21-18(23)12-5-4-6-14(20)9-12/h4-11,22H,1-3H3,(H,21,23). The van der Waals surface area contributed by atoms with Crippen molar-refractivity contribution in [2.75, 3.05) is 5.32 Å². The number of amides is 1. The molecule has 2 aromatic carbocycles. The fraction of sp³-hybridized carbons (Fsp3) is 0.211. The molecule has 0 atom stereocenters. The van der Waals surface area contributed by atoms with Gasteiger partial charge in [-0.1, -0.05) is 38.4 Å². The van der Waals surface area contributed by atoms with Crippen LogP contribution in [0.25, 0.3) is 10.9 Å². The molecular formula is C19H19ClN2O. The summed E-state index contributed by atoms with van der Waals surface area (Å²) >= 11 is 5.93. The van der Waals surface area contributed by atoms with Crippen LogP contribution in [0, 0.1) is 0 Å². The van der Waals surface area contributed by atoms with E-state index in [0.29, 0.717) is 10.6 Å². The second-order valence-corrected chi connectivity index (χ2v) is 7.14. The van der Waals surface area contributed by atoms with Crippen LogP contribution in [0.2, 0.25) is 5.02 Å². The van der Waals surface area contributed by atoms with Crippen molar-refractivity contribution in [1.82, 2.24) is 4.98 Å². The van der Waals surface area contributed by atoms with E-state index in [1.54, 1.807) is 24.3 Å². The van der Waals surface area contributed by atoms with E-state index in [-0.39, 0.29) is 11.3 Å². The summed E-state index contributed by atoms with van der Waals surface area (Å²) in [6, 6.07) is 14.9. The highest BCUT2D eigenvalue weighted by Crippen LogP contribution is 2.27. The van der Waals surface area contributed by atoms with E-state index in [4.69, 9.17) is 11.6 Å². The molecule has 1 aromatic heterocycles. The van der Waals surface area contributed by atoms with Crippen molar-refractivity contribution >= 4 is 34.1 Å². The van der Waals surface area contributed by atoms with Gasteiger partial charge in [0.1, 0.15) is 0 Å². The van der Waals surface area contributed by atoms with Crippen LogP contribution in [-0.2, 0) is 5.41 Å². The zero-order chi connectivity index (χ0) is 16.6. The summed E-state index contributed by atoms with van der Waals surface area (Å²) in [5.74, 6) is -0.168. The molecule has 3 rings (SSSR count). The monoisotopic (exact) mass is 326 g/mol. The zero-order valence-electron chi connectivity index (χ0n) is 13.4. The topological polar surface area (TPSA) is 44.9 Å². The first kappa shape index (κ1) is 15.6. The van der Waals surface area contributed by atoms with Crippen molar-refractivity contribution in [3.05, 3.63) is 64.8 Å². The van der Waals surface area contributed by atoms with Gasteiger partial charge in [0.2, 0.25) is 0 Å². The fourth-order valence-corrected chi connectivity index (χ4v) is 2.64. The Morgan fingerprint density at radius 3 is 2.57 bits per heavy atom. The van der Waals surface area contributed by atoms with Gasteiger partial charge >= 0.3 is 0 Å². The second kappa shape index (κ2) is 5.74. The van der Waals surface area contributed by atoms with Gasteiger partial charge < -0.3 is 10.3 Å². The Kier molecular flexibility index (Phi) is 3.90. The molecule has 0 unspecified atom stereocenters. The van der Waals surface area contributed by atoms with Crippen molar-refractivity contribution in [3.63, 3.8) is 0 Å². The summed E-state index contributed by atoms with van der Waals surface area (Å²) < 4.78 is 0. The number of nitrogens with one attached hydrogen (secondary N) is 2. The van der Waals surface area contributed by atoms with Crippen LogP contribution in [-0.4, -0.2) is 10.9 Å². The Bertz CT molecular complexity index is 874. The van der Waals surface area contributed by atoms with Crippen LogP contribution in [0.1, 0.15) is 36.8 Å². The number of anilines is 1. The first-order valence-corrected chi connectivity index (χ1v) is 7.91. The van der Waals surface area contributed by atoms with Crippen molar-refractivity contribution in [1.29, 1.82) is 0 Å². The van der Waals surface area contributed by atoms with Crippen LogP contribution in [0.4, 0.5) is 5.69 Å². The molecule has 0 saturated carbocycles. The highest BCUT2D eigenvalue weighted by atomic mass is 35.5. The minimum atomic E-state index is -0.168. The average molecular weight is 327 g/mol. The van der Waals surface area contributed by atoms with Crippen molar-refractivity contribution in [3.8, 4) is 0 Å². The quantitative estimate of drug-likeness (QED) is 0.653. The summed E-state index contributed by atoms with van der Waals surface area (Å²) in [5.41, 5.74) is 3.61. The van der Waals surface area contributed by atoms with E-state index in [2.05, 4.69) is 37.1 Å². The van der Waals surface area contributed by atoms with Gasteiger partial charge in [-0.2, -0.15) is 0 Å². The molecule has 0 saturated heterocycles. The number of benzene rings is 2. The number of aromatic nitrogens is 1. The second-order valence-electron chi connectivity index (χ2n) is 6.70. The van der Waals surface area contributed by atoms with Crippen molar-refractivity contribution < 1.29 is 4.79 Å². The molecule has 0 aliphatic carbocycles. The number of H-pyrrole nitrogens is 1. The predicted molar refractivity (Wildman–Crippen MR) is 96.4 cm³/mol. The van der Waals surface area contributed by atoms with E-state index in [1.165, 1.54) is 5.69 Å². The molecule has 4 heteroatoms. The number of fused-ring (bicyclic) bond motifs is 1. The highest BCUT2D eigenvalue weighted by molar-refractivity contribution is 6.31. The lowest BCUT2D eigenvalue weighted by Crippen LogP contribution is -2.11. The van der Waals surface area contributed by atoms with Crippen molar-refractivity contribution in [2.24, 2.45) is 0 Å². The van der Waals surface area contributed by atoms with Gasteiger partial charge in [0.05, 0.1) is 0 Å². The average Bonchev–Trinajstić information content (AvgIpc) is 2.90. The molecule has 0 radical (unpaired) electrons. The number of hydrogen-bond donors (Lipinski definition) is 2. The van der Waals surface area contributed by atoms with E-state index in [9.17, 15) is 4.79 Å². The number of carbonyl (C=O) groups is 1. The van der Waals surface area contributed by atoms with Crippen LogP contribution in [0.3, 0.4) is 0 Å². The first-order chi connectivity index (χ1) is 10.8. The van der Waals surface area contributed by atoms with Crippen LogP contribution in [0.15, 0.2) is 48.5 Å². The maximum absolute atomic E-state index is 12.3. The molecule has 118 valence electrons. The van der Waals surface area contributed by atoms with Crippen LogP contribution >= 0.6 is 11.6 Å².